The first-order valence-corrected chi connectivity index (χ1v) is 13.9. The highest BCUT2D eigenvalue weighted by Gasteiger charge is 2.40. The summed E-state index contributed by atoms with van der Waals surface area (Å²) in [5.41, 5.74) is -1.21. The summed E-state index contributed by atoms with van der Waals surface area (Å²) in [7, 11) is 1.51. The third-order valence-electron chi connectivity index (χ3n) is 5.96. The lowest BCUT2D eigenvalue weighted by atomic mass is 10.0. The predicted molar refractivity (Wildman–Crippen MR) is 143 cm³/mol. The first-order chi connectivity index (χ1) is 17.5. The van der Waals surface area contributed by atoms with Gasteiger partial charge in [-0.15, -0.1) is 11.8 Å². The normalized spacial score (nSPS) is 19.0. The maximum absolute atomic E-state index is 14.0. The van der Waals surface area contributed by atoms with Crippen LogP contribution in [-0.2, 0) is 15.8 Å². The number of piperidine rings is 1. The van der Waals surface area contributed by atoms with Crippen molar-refractivity contribution in [3.05, 3.63) is 23.3 Å². The summed E-state index contributed by atoms with van der Waals surface area (Å²) in [6.45, 7) is 12.9. The van der Waals surface area contributed by atoms with Crippen molar-refractivity contribution in [2.75, 3.05) is 38.1 Å². The van der Waals surface area contributed by atoms with Crippen molar-refractivity contribution in [2.45, 2.75) is 83.2 Å². The number of fused-ring (bicyclic) bond motifs is 1. The van der Waals surface area contributed by atoms with Crippen LogP contribution in [-0.4, -0.2) is 67.1 Å². The van der Waals surface area contributed by atoms with E-state index in [4.69, 9.17) is 0 Å². The Morgan fingerprint density at radius 3 is 2.41 bits per heavy atom. The number of anilines is 1. The molecule has 1 aromatic rings. The summed E-state index contributed by atoms with van der Waals surface area (Å²) >= 11 is 1.04. The van der Waals surface area contributed by atoms with Crippen LogP contribution in [0.3, 0.4) is 0 Å². The number of carbonyl (C=O) groups excluding carboxylic acids is 3. The van der Waals surface area contributed by atoms with Crippen molar-refractivity contribution >= 4 is 35.2 Å². The van der Waals surface area contributed by atoms with E-state index in [1.165, 1.54) is 22.9 Å². The van der Waals surface area contributed by atoms with E-state index in [0.29, 0.717) is 13.0 Å². The van der Waals surface area contributed by atoms with E-state index in [1.807, 2.05) is 27.7 Å². The number of alkyl halides is 3. The number of nitrogens with one attached hydrogen (secondary N) is 2. The minimum absolute atomic E-state index is 0.101. The number of rotatable bonds is 6. The van der Waals surface area contributed by atoms with Crippen LogP contribution in [0.1, 0.15) is 76.7 Å². The lowest BCUT2D eigenvalue weighted by Gasteiger charge is -2.35. The molecule has 0 radical (unpaired) electrons. The molecule has 7 nitrogen and oxygen atoms in total. The zero-order valence-electron chi connectivity index (χ0n) is 22.9. The number of likely N-dealkylation sites (N-methyl/N-ethyl adjacent to an activating group) is 1. The molecular weight excluding hydrogens is 505 g/mol. The summed E-state index contributed by atoms with van der Waals surface area (Å²) in [6.07, 6.45) is -2.90. The highest BCUT2D eigenvalue weighted by Crippen LogP contribution is 2.44. The molecule has 2 aliphatic heterocycles. The number of benzene rings is 1. The number of amides is 3. The van der Waals surface area contributed by atoms with E-state index in [9.17, 15) is 27.6 Å². The molecule has 3 rings (SSSR count). The molecule has 210 valence electrons. The quantitative estimate of drug-likeness (QED) is 0.529. The molecule has 1 unspecified atom stereocenters. The van der Waals surface area contributed by atoms with Crippen LogP contribution in [0, 0.1) is 0 Å². The number of carbonyl (C=O) groups is 3. The molecule has 1 fully saturated rings. The number of thioether (sulfide) groups is 1. The fraction of sp³-hybridized carbons (Fsp3) is 0.654. The Bertz CT molecular complexity index is 921. The number of hydrogen-bond donors (Lipinski definition) is 2. The van der Waals surface area contributed by atoms with Crippen LogP contribution < -0.4 is 15.5 Å². The average Bonchev–Trinajstić information content (AvgIpc) is 2.91. The Balaban J connectivity index is 0.00000163. The molecule has 0 bridgehead atoms. The van der Waals surface area contributed by atoms with E-state index in [1.54, 1.807) is 13.8 Å². The van der Waals surface area contributed by atoms with Gasteiger partial charge in [-0.2, -0.15) is 13.2 Å². The second kappa shape index (κ2) is 15.2. The van der Waals surface area contributed by atoms with Crippen molar-refractivity contribution in [1.82, 2.24) is 15.5 Å². The van der Waals surface area contributed by atoms with Crippen molar-refractivity contribution in [3.63, 3.8) is 0 Å². The molecule has 37 heavy (non-hydrogen) atoms. The monoisotopic (exact) mass is 546 g/mol. The van der Waals surface area contributed by atoms with E-state index >= 15 is 0 Å². The van der Waals surface area contributed by atoms with E-state index < -0.39 is 28.5 Å². The van der Waals surface area contributed by atoms with Gasteiger partial charge in [-0.05, 0) is 38.4 Å². The minimum atomic E-state index is -4.73. The van der Waals surface area contributed by atoms with E-state index in [0.717, 1.165) is 30.8 Å². The van der Waals surface area contributed by atoms with Crippen LogP contribution >= 0.6 is 11.8 Å². The zero-order chi connectivity index (χ0) is 28.3. The third-order valence-corrected chi connectivity index (χ3v) is 7.10. The van der Waals surface area contributed by atoms with Crippen molar-refractivity contribution < 1.29 is 27.6 Å². The smallest absolute Gasteiger partial charge is 0.354 e. The molecular formula is C26H41F3N4O3S. The Kier molecular flexibility index (Phi) is 13.5. The summed E-state index contributed by atoms with van der Waals surface area (Å²) in [6, 6.07) is 1.95. The highest BCUT2D eigenvalue weighted by atomic mass is 32.2. The van der Waals surface area contributed by atoms with Gasteiger partial charge < -0.3 is 20.4 Å². The van der Waals surface area contributed by atoms with Crippen LogP contribution in [0.2, 0.25) is 0 Å². The summed E-state index contributed by atoms with van der Waals surface area (Å²) in [5, 5.41) is 5.26. The molecule has 0 aromatic heterocycles. The summed E-state index contributed by atoms with van der Waals surface area (Å²) in [5.74, 6) is -1.19. The molecule has 0 spiro atoms. The van der Waals surface area contributed by atoms with Crippen molar-refractivity contribution in [1.29, 1.82) is 0 Å². The van der Waals surface area contributed by atoms with E-state index in [2.05, 4.69) is 10.6 Å². The molecule has 1 aromatic carbocycles. The zero-order valence-corrected chi connectivity index (χ0v) is 23.7. The van der Waals surface area contributed by atoms with Crippen LogP contribution in [0.5, 0.6) is 0 Å². The van der Waals surface area contributed by atoms with Crippen LogP contribution in [0.4, 0.5) is 18.9 Å². The molecule has 11 heteroatoms. The molecule has 2 N–H and O–H groups in total. The van der Waals surface area contributed by atoms with Gasteiger partial charge in [-0.1, -0.05) is 34.6 Å². The number of halogens is 3. The van der Waals surface area contributed by atoms with Gasteiger partial charge in [0, 0.05) is 44.0 Å². The van der Waals surface area contributed by atoms with Gasteiger partial charge in [-0.25, -0.2) is 0 Å². The molecule has 2 atom stereocenters. The Labute approximate surface area is 222 Å². The molecule has 3 amide bonds. The predicted octanol–water partition coefficient (Wildman–Crippen LogP) is 4.94. The van der Waals surface area contributed by atoms with Gasteiger partial charge in [-0.3, -0.25) is 14.4 Å². The van der Waals surface area contributed by atoms with Crippen molar-refractivity contribution in [2.24, 2.45) is 0 Å². The van der Waals surface area contributed by atoms with Gasteiger partial charge >= 0.3 is 6.18 Å². The Hall–Kier alpha value is -2.27. The Morgan fingerprint density at radius 1 is 1.22 bits per heavy atom. The lowest BCUT2D eigenvalue weighted by Crippen LogP contribution is -2.47. The first kappa shape index (κ1) is 32.8. The first-order valence-electron chi connectivity index (χ1n) is 13.0. The fourth-order valence-corrected chi connectivity index (χ4v) is 5.13. The Morgan fingerprint density at radius 2 is 1.86 bits per heavy atom. The maximum Gasteiger partial charge on any atom is 0.417 e. The van der Waals surface area contributed by atoms with Gasteiger partial charge in [0.25, 0.3) is 5.91 Å². The second-order valence-corrected chi connectivity index (χ2v) is 9.62. The van der Waals surface area contributed by atoms with Gasteiger partial charge in [0.2, 0.25) is 11.8 Å². The molecule has 0 saturated carbocycles. The minimum Gasteiger partial charge on any atom is -0.354 e. The fourth-order valence-electron chi connectivity index (χ4n) is 4.05. The molecule has 2 heterocycles. The van der Waals surface area contributed by atoms with Gasteiger partial charge in [0.05, 0.1) is 22.1 Å². The number of nitrogens with zero attached hydrogens (tertiary/aromatic N) is 2. The van der Waals surface area contributed by atoms with Crippen LogP contribution in [0.15, 0.2) is 17.0 Å². The molecule has 2 aliphatic rings. The largest absolute Gasteiger partial charge is 0.417 e. The SMILES string of the molecule is CC.CC.CCC(=O)NCCN1C(=O)C(C)Sc2cc(C(F)(F)F)c(C(=O)N(C)[C@@H]3CCCNC3)cc21. The summed E-state index contributed by atoms with van der Waals surface area (Å²) in [4.78, 5) is 40.6. The molecule has 1 saturated heterocycles. The van der Waals surface area contributed by atoms with Crippen LogP contribution in [0.25, 0.3) is 0 Å². The second-order valence-electron chi connectivity index (χ2n) is 8.23. The highest BCUT2D eigenvalue weighted by molar-refractivity contribution is 8.01. The van der Waals surface area contributed by atoms with Crippen molar-refractivity contribution in [3.8, 4) is 0 Å². The standard InChI is InChI=1S/C22H29F3N4O3S.2C2H6/c1-4-19(30)27-8-9-29-17-10-15(21(32)28(3)14-6-5-7-26-12-14)16(22(23,24)25)11-18(17)33-13(2)20(29)31;2*1-2/h10-11,13-14,26H,4-9,12H2,1-3H3,(H,27,30);2*1-2H3/t13?,14-;;/m1../s1. The average molecular weight is 547 g/mol. The van der Waals surface area contributed by atoms with Gasteiger partial charge in [0.1, 0.15) is 0 Å². The van der Waals surface area contributed by atoms with E-state index in [-0.39, 0.29) is 47.9 Å². The molecule has 0 aliphatic carbocycles. The topological polar surface area (TPSA) is 81.8 Å². The summed E-state index contributed by atoms with van der Waals surface area (Å²) < 4.78 is 41.9. The van der Waals surface area contributed by atoms with Gasteiger partial charge in [0.15, 0.2) is 0 Å². The lowest BCUT2D eigenvalue weighted by molar-refractivity contribution is -0.138. The third kappa shape index (κ3) is 8.36. The number of hydrogen-bond acceptors (Lipinski definition) is 5. The maximum atomic E-state index is 14.0.